The third-order valence-corrected chi connectivity index (χ3v) is 11.2. The largest absolute Gasteiger partial charge is 0.383 e. The smallest absolute Gasteiger partial charge is 0.224 e. The minimum Gasteiger partial charge on any atom is -0.383 e. The van der Waals surface area contributed by atoms with Crippen LogP contribution in [0.2, 0.25) is 16.6 Å². The van der Waals surface area contributed by atoms with Gasteiger partial charge in [0.15, 0.2) is 0 Å². The van der Waals surface area contributed by atoms with Crippen molar-refractivity contribution in [1.82, 2.24) is 5.32 Å². The van der Waals surface area contributed by atoms with Crippen molar-refractivity contribution in [2.45, 2.75) is 77.9 Å². The first-order valence-corrected chi connectivity index (χ1v) is 15.5. The summed E-state index contributed by atoms with van der Waals surface area (Å²) in [6.07, 6.45) is 1.78. The predicted molar refractivity (Wildman–Crippen MR) is 147 cm³/mol. The van der Waals surface area contributed by atoms with E-state index in [4.69, 9.17) is 16.3 Å². The van der Waals surface area contributed by atoms with Gasteiger partial charge in [-0.3, -0.25) is 4.79 Å². The second-order valence-electron chi connectivity index (χ2n) is 10.4. The molecule has 0 saturated carbocycles. The fourth-order valence-corrected chi connectivity index (χ4v) is 5.52. The summed E-state index contributed by atoms with van der Waals surface area (Å²) in [5, 5.41) is 4.19. The van der Waals surface area contributed by atoms with Gasteiger partial charge in [0.05, 0.1) is 27.9 Å². The highest BCUT2D eigenvalue weighted by atomic mass is 79.9. The van der Waals surface area contributed by atoms with Gasteiger partial charge in [-0.25, -0.2) is 0 Å². The van der Waals surface area contributed by atoms with Crippen LogP contribution in [0.4, 0.5) is 0 Å². The maximum atomic E-state index is 13.0. The number of benzene rings is 2. The number of amides is 1. The summed E-state index contributed by atoms with van der Waals surface area (Å²) in [7, 11) is -1.04. The van der Waals surface area contributed by atoms with Gasteiger partial charge in [-0.15, -0.1) is 0 Å². The number of rotatable bonds is 10. The highest BCUT2D eigenvalue weighted by Gasteiger charge is 2.24. The van der Waals surface area contributed by atoms with Crippen molar-refractivity contribution in [1.29, 1.82) is 0 Å². The zero-order valence-corrected chi connectivity index (χ0v) is 24.6. The fourth-order valence-electron chi connectivity index (χ4n) is 3.70. The molecule has 0 aliphatic carbocycles. The number of halogens is 2. The van der Waals surface area contributed by atoms with E-state index in [1.165, 1.54) is 11.1 Å². The maximum absolute atomic E-state index is 13.0. The quantitative estimate of drug-likeness (QED) is 0.322. The highest BCUT2D eigenvalue weighted by Crippen LogP contribution is 2.29. The van der Waals surface area contributed by atoms with E-state index < -0.39 is 8.80 Å². The van der Waals surface area contributed by atoms with Crippen molar-refractivity contribution in [2.24, 2.45) is 0 Å². The van der Waals surface area contributed by atoms with Crippen LogP contribution in [-0.2, 0) is 22.4 Å². The third-order valence-electron chi connectivity index (χ3n) is 6.45. The third kappa shape index (κ3) is 8.54. The SMILES string of the molecule is Cc1cccc(Cl)c1CC(=O)N[C@@H](COC[SiH](C)C(C)(C)C)Cc1c(Br)cccc1C(C)C. The summed E-state index contributed by atoms with van der Waals surface area (Å²) in [5.74, 6) is 0.368. The lowest BCUT2D eigenvalue weighted by molar-refractivity contribution is -0.121. The van der Waals surface area contributed by atoms with Gasteiger partial charge in [-0.2, -0.15) is 0 Å². The minimum absolute atomic E-state index is 0.0286. The number of nitrogens with one attached hydrogen (secondary N) is 1. The van der Waals surface area contributed by atoms with Crippen molar-refractivity contribution in [3.63, 3.8) is 0 Å². The van der Waals surface area contributed by atoms with E-state index >= 15 is 0 Å². The Labute approximate surface area is 215 Å². The zero-order valence-electron chi connectivity index (χ0n) is 21.1. The van der Waals surface area contributed by atoms with Gasteiger partial charge < -0.3 is 10.1 Å². The molecule has 0 aliphatic heterocycles. The van der Waals surface area contributed by atoms with Crippen LogP contribution >= 0.6 is 27.5 Å². The number of hydrogen-bond acceptors (Lipinski definition) is 2. The van der Waals surface area contributed by atoms with Crippen LogP contribution in [0.25, 0.3) is 0 Å². The Bertz CT molecular complexity index is 922. The molecule has 182 valence electrons. The first kappa shape index (κ1) is 28.1. The molecular weight excluding hydrogens is 514 g/mol. The number of aryl methyl sites for hydroxylation is 1. The molecule has 1 N–H and O–H groups in total. The summed E-state index contributed by atoms with van der Waals surface area (Å²) in [6.45, 7) is 16.1. The molecule has 2 rings (SSSR count). The van der Waals surface area contributed by atoms with Crippen LogP contribution in [0.1, 0.15) is 62.8 Å². The molecule has 3 nitrogen and oxygen atoms in total. The van der Waals surface area contributed by atoms with E-state index in [0.29, 0.717) is 29.0 Å². The molecule has 2 aromatic carbocycles. The number of carbonyl (C=O) groups excluding carboxylic acids is 1. The van der Waals surface area contributed by atoms with Gasteiger partial charge in [0.2, 0.25) is 5.91 Å². The first-order chi connectivity index (χ1) is 15.4. The van der Waals surface area contributed by atoms with Gasteiger partial charge >= 0.3 is 0 Å². The standard InChI is InChI=1S/C27H39BrClNO2Si/c1-18(2)21-11-9-12-24(28)23(21)14-20(16-32-17-33(7)27(4,5)6)30-26(31)15-22-19(3)10-8-13-25(22)29/h8-13,18,20,33H,14-17H2,1-7H3,(H,30,31)/t20-,33?/m1/s1. The zero-order chi connectivity index (χ0) is 24.8. The van der Waals surface area contributed by atoms with Crippen LogP contribution in [0, 0.1) is 6.92 Å². The molecule has 0 radical (unpaired) electrons. The van der Waals surface area contributed by atoms with E-state index in [-0.39, 0.29) is 18.4 Å². The van der Waals surface area contributed by atoms with Crippen LogP contribution < -0.4 is 5.32 Å². The Morgan fingerprint density at radius 3 is 2.42 bits per heavy atom. The van der Waals surface area contributed by atoms with E-state index in [1.54, 1.807) is 0 Å². The van der Waals surface area contributed by atoms with Crippen molar-refractivity contribution in [3.8, 4) is 0 Å². The normalized spacial score (nSPS) is 13.8. The van der Waals surface area contributed by atoms with Crippen molar-refractivity contribution in [3.05, 3.63) is 68.1 Å². The molecular formula is C27H39BrClNO2Si. The number of carbonyl (C=O) groups is 1. The van der Waals surface area contributed by atoms with Crippen LogP contribution in [0.5, 0.6) is 0 Å². The Morgan fingerprint density at radius 2 is 1.82 bits per heavy atom. The number of hydrogen-bond donors (Lipinski definition) is 1. The average molecular weight is 553 g/mol. The Balaban J connectivity index is 2.19. The lowest BCUT2D eigenvalue weighted by Crippen LogP contribution is -2.42. The molecule has 0 saturated heterocycles. The fraction of sp³-hybridized carbons (Fsp3) is 0.519. The Kier molecular flexibility index (Phi) is 10.7. The molecule has 1 amide bonds. The predicted octanol–water partition coefficient (Wildman–Crippen LogP) is 7.02. The minimum atomic E-state index is -1.04. The second kappa shape index (κ2) is 12.5. The molecule has 6 heteroatoms. The van der Waals surface area contributed by atoms with E-state index in [9.17, 15) is 4.79 Å². The van der Waals surface area contributed by atoms with Gasteiger partial charge in [0.1, 0.15) is 0 Å². The van der Waals surface area contributed by atoms with Gasteiger partial charge in [-0.1, -0.05) is 93.0 Å². The first-order valence-electron chi connectivity index (χ1n) is 11.8. The molecule has 33 heavy (non-hydrogen) atoms. The van der Waals surface area contributed by atoms with E-state index in [0.717, 1.165) is 21.8 Å². The molecule has 0 spiro atoms. The summed E-state index contributed by atoms with van der Waals surface area (Å²) in [4.78, 5) is 13.0. The lowest BCUT2D eigenvalue weighted by atomic mass is 9.93. The summed E-state index contributed by atoms with van der Waals surface area (Å²) < 4.78 is 7.28. The van der Waals surface area contributed by atoms with Crippen LogP contribution in [0.3, 0.4) is 0 Å². The summed E-state index contributed by atoms with van der Waals surface area (Å²) in [5.41, 5.74) is 4.44. The van der Waals surface area contributed by atoms with Gasteiger partial charge in [0.25, 0.3) is 0 Å². The maximum Gasteiger partial charge on any atom is 0.224 e. The molecule has 0 aliphatic rings. The van der Waals surface area contributed by atoms with Crippen molar-refractivity contribution in [2.75, 3.05) is 12.8 Å². The summed E-state index contributed by atoms with van der Waals surface area (Å²) >= 11 is 10.1. The van der Waals surface area contributed by atoms with E-state index in [1.807, 2.05) is 25.1 Å². The monoisotopic (exact) mass is 551 g/mol. The topological polar surface area (TPSA) is 38.3 Å². The van der Waals surface area contributed by atoms with Crippen LogP contribution in [0.15, 0.2) is 40.9 Å². The number of ether oxygens (including phenoxy) is 1. The van der Waals surface area contributed by atoms with Crippen molar-refractivity contribution < 1.29 is 9.53 Å². The van der Waals surface area contributed by atoms with Gasteiger partial charge in [0, 0.05) is 15.7 Å². The molecule has 0 aromatic heterocycles. The van der Waals surface area contributed by atoms with E-state index in [2.05, 4.69) is 80.6 Å². The van der Waals surface area contributed by atoms with Gasteiger partial charge in [-0.05, 0) is 58.7 Å². The molecule has 0 bridgehead atoms. The molecule has 2 atom stereocenters. The molecule has 0 fully saturated rings. The second-order valence-corrected chi connectivity index (χ2v) is 15.6. The molecule has 0 heterocycles. The average Bonchev–Trinajstić information content (AvgIpc) is 2.71. The Hall–Kier alpha value is -1.14. The Morgan fingerprint density at radius 1 is 1.15 bits per heavy atom. The lowest BCUT2D eigenvalue weighted by Gasteiger charge is -2.27. The van der Waals surface area contributed by atoms with Crippen molar-refractivity contribution >= 4 is 42.2 Å². The summed E-state index contributed by atoms with van der Waals surface area (Å²) in [6, 6.07) is 11.9. The van der Waals surface area contributed by atoms with Crippen LogP contribution in [-0.4, -0.2) is 33.6 Å². The molecule has 1 unspecified atom stereocenters. The highest BCUT2D eigenvalue weighted by molar-refractivity contribution is 9.10. The molecule has 2 aromatic rings.